The number of H-pyrrole nitrogens is 1. The first-order valence-corrected chi connectivity index (χ1v) is 7.46. The van der Waals surface area contributed by atoms with Gasteiger partial charge in [-0.05, 0) is 31.9 Å². The van der Waals surface area contributed by atoms with Crippen molar-refractivity contribution in [1.82, 2.24) is 25.1 Å². The molecule has 1 N–H and O–H groups in total. The van der Waals surface area contributed by atoms with E-state index in [0.29, 0.717) is 11.7 Å². The lowest BCUT2D eigenvalue weighted by Gasteiger charge is -2.36. The van der Waals surface area contributed by atoms with Crippen LogP contribution in [0.3, 0.4) is 0 Å². The van der Waals surface area contributed by atoms with Crippen molar-refractivity contribution in [2.45, 2.75) is 25.8 Å². The summed E-state index contributed by atoms with van der Waals surface area (Å²) in [5, 5.41) is 8.33. The Kier molecular flexibility index (Phi) is 4.04. The molecule has 7 nitrogen and oxygen atoms in total. The lowest BCUT2D eigenvalue weighted by molar-refractivity contribution is 0.0708. The van der Waals surface area contributed by atoms with Crippen LogP contribution < -0.4 is 4.90 Å². The second-order valence-electron chi connectivity index (χ2n) is 5.63. The highest BCUT2D eigenvalue weighted by atomic mass is 16.2. The Morgan fingerprint density at radius 1 is 1.32 bits per heavy atom. The molecular formula is C15H20N6O. The van der Waals surface area contributed by atoms with E-state index in [1.807, 2.05) is 31.0 Å². The van der Waals surface area contributed by atoms with E-state index in [4.69, 9.17) is 0 Å². The van der Waals surface area contributed by atoms with Gasteiger partial charge in [-0.2, -0.15) is 5.10 Å². The minimum atomic E-state index is 0.0220. The quantitative estimate of drug-likeness (QED) is 0.923. The molecule has 1 saturated heterocycles. The number of aromatic nitrogens is 4. The number of aromatic amines is 1. The summed E-state index contributed by atoms with van der Waals surface area (Å²) in [7, 11) is 2.04. The second kappa shape index (κ2) is 6.13. The van der Waals surface area contributed by atoms with Crippen molar-refractivity contribution in [2.24, 2.45) is 0 Å². The molecule has 1 aliphatic heterocycles. The van der Waals surface area contributed by atoms with Crippen molar-refractivity contribution >= 4 is 11.7 Å². The maximum Gasteiger partial charge on any atom is 0.271 e. The van der Waals surface area contributed by atoms with Crippen LogP contribution in [0.2, 0.25) is 0 Å². The maximum atomic E-state index is 12.3. The molecule has 7 heteroatoms. The van der Waals surface area contributed by atoms with E-state index in [9.17, 15) is 4.79 Å². The van der Waals surface area contributed by atoms with Gasteiger partial charge in [0, 0.05) is 26.2 Å². The van der Waals surface area contributed by atoms with Crippen molar-refractivity contribution in [3.05, 3.63) is 36.0 Å². The Labute approximate surface area is 129 Å². The molecule has 0 spiro atoms. The monoisotopic (exact) mass is 300 g/mol. The molecular weight excluding hydrogens is 280 g/mol. The minimum Gasteiger partial charge on any atom is -0.355 e. The Morgan fingerprint density at radius 3 is 2.68 bits per heavy atom. The summed E-state index contributed by atoms with van der Waals surface area (Å²) in [5.74, 6) is 0.901. The summed E-state index contributed by atoms with van der Waals surface area (Å²) < 4.78 is 0. The van der Waals surface area contributed by atoms with E-state index >= 15 is 0 Å². The molecule has 0 aromatic carbocycles. The average Bonchev–Trinajstić information content (AvgIpc) is 3.09. The molecule has 2 aromatic rings. The van der Waals surface area contributed by atoms with E-state index < -0.39 is 0 Å². The Hall–Kier alpha value is -2.44. The fourth-order valence-corrected chi connectivity index (χ4v) is 2.77. The number of hydrogen-bond donors (Lipinski definition) is 1. The first-order chi connectivity index (χ1) is 10.6. The number of piperidine rings is 1. The number of hydrogen-bond acceptors (Lipinski definition) is 5. The van der Waals surface area contributed by atoms with Crippen LogP contribution in [0.5, 0.6) is 0 Å². The molecule has 3 heterocycles. The first kappa shape index (κ1) is 14.5. The van der Waals surface area contributed by atoms with E-state index in [2.05, 4.69) is 25.1 Å². The third-order valence-electron chi connectivity index (χ3n) is 4.17. The van der Waals surface area contributed by atoms with Crippen LogP contribution in [0.4, 0.5) is 5.82 Å². The average molecular weight is 300 g/mol. The smallest absolute Gasteiger partial charge is 0.271 e. The van der Waals surface area contributed by atoms with Crippen molar-refractivity contribution in [3.8, 4) is 0 Å². The van der Waals surface area contributed by atoms with E-state index in [0.717, 1.165) is 37.4 Å². The molecule has 3 rings (SSSR count). The van der Waals surface area contributed by atoms with E-state index in [1.54, 1.807) is 6.20 Å². The van der Waals surface area contributed by atoms with Gasteiger partial charge in [-0.25, -0.2) is 4.98 Å². The lowest BCUT2D eigenvalue weighted by atomic mass is 10.0. The molecule has 22 heavy (non-hydrogen) atoms. The molecule has 116 valence electrons. The summed E-state index contributed by atoms with van der Waals surface area (Å²) in [4.78, 5) is 23.1. The highest BCUT2D eigenvalue weighted by molar-refractivity contribution is 5.92. The SMILES string of the molecule is Cc1ccc(N(C)C2CCN(C(=O)c3cnc[nH]3)CC2)nn1. The predicted molar refractivity (Wildman–Crippen MR) is 82.7 cm³/mol. The number of nitrogens with one attached hydrogen (secondary N) is 1. The van der Waals surface area contributed by atoms with Gasteiger partial charge < -0.3 is 14.8 Å². The number of carbonyl (C=O) groups excluding carboxylic acids is 1. The largest absolute Gasteiger partial charge is 0.355 e. The summed E-state index contributed by atoms with van der Waals surface area (Å²) in [6.45, 7) is 3.41. The summed E-state index contributed by atoms with van der Waals surface area (Å²) in [6.07, 6.45) is 4.95. The van der Waals surface area contributed by atoms with Gasteiger partial charge in [0.15, 0.2) is 5.82 Å². The molecule has 0 saturated carbocycles. The zero-order chi connectivity index (χ0) is 15.5. The van der Waals surface area contributed by atoms with Crippen LogP contribution in [0.25, 0.3) is 0 Å². The molecule has 2 aromatic heterocycles. The molecule has 0 aliphatic carbocycles. The number of rotatable bonds is 3. The van der Waals surface area contributed by atoms with Gasteiger partial charge in [-0.15, -0.1) is 5.10 Å². The minimum absolute atomic E-state index is 0.0220. The second-order valence-corrected chi connectivity index (χ2v) is 5.63. The normalized spacial score (nSPS) is 15.8. The highest BCUT2D eigenvalue weighted by Crippen LogP contribution is 2.21. The fraction of sp³-hybridized carbons (Fsp3) is 0.467. The number of carbonyl (C=O) groups is 1. The summed E-state index contributed by atoms with van der Waals surface area (Å²) >= 11 is 0. The van der Waals surface area contributed by atoms with Crippen molar-refractivity contribution in [2.75, 3.05) is 25.0 Å². The first-order valence-electron chi connectivity index (χ1n) is 7.46. The van der Waals surface area contributed by atoms with Gasteiger partial charge in [0.1, 0.15) is 5.69 Å². The molecule has 1 amide bonds. The van der Waals surface area contributed by atoms with Gasteiger partial charge >= 0.3 is 0 Å². The summed E-state index contributed by atoms with van der Waals surface area (Å²) in [5.41, 5.74) is 1.47. The van der Waals surface area contributed by atoms with Crippen LogP contribution in [0.15, 0.2) is 24.7 Å². The van der Waals surface area contributed by atoms with Crippen LogP contribution in [0, 0.1) is 6.92 Å². The molecule has 1 aliphatic rings. The number of amides is 1. The Balaban J connectivity index is 1.59. The van der Waals surface area contributed by atoms with E-state index in [-0.39, 0.29) is 5.91 Å². The van der Waals surface area contributed by atoms with Gasteiger partial charge in [0.2, 0.25) is 0 Å². The lowest BCUT2D eigenvalue weighted by Crippen LogP contribution is -2.46. The number of imidazole rings is 1. The van der Waals surface area contributed by atoms with Crippen molar-refractivity contribution < 1.29 is 4.79 Å². The molecule has 0 unspecified atom stereocenters. The third-order valence-corrected chi connectivity index (χ3v) is 4.17. The van der Waals surface area contributed by atoms with E-state index in [1.165, 1.54) is 6.33 Å². The van der Waals surface area contributed by atoms with Crippen LogP contribution in [-0.2, 0) is 0 Å². The number of aryl methyl sites for hydroxylation is 1. The van der Waals surface area contributed by atoms with Crippen LogP contribution in [0.1, 0.15) is 29.0 Å². The topological polar surface area (TPSA) is 78.0 Å². The molecule has 0 bridgehead atoms. The third kappa shape index (κ3) is 2.93. The van der Waals surface area contributed by atoms with Crippen LogP contribution >= 0.6 is 0 Å². The van der Waals surface area contributed by atoms with Gasteiger partial charge in [0.05, 0.1) is 18.2 Å². The van der Waals surface area contributed by atoms with Crippen molar-refractivity contribution in [3.63, 3.8) is 0 Å². The number of nitrogens with zero attached hydrogens (tertiary/aromatic N) is 5. The maximum absolute atomic E-state index is 12.3. The van der Waals surface area contributed by atoms with Gasteiger partial charge in [-0.3, -0.25) is 4.79 Å². The molecule has 0 atom stereocenters. The number of likely N-dealkylation sites (tertiary alicyclic amines) is 1. The van der Waals surface area contributed by atoms with Crippen molar-refractivity contribution in [1.29, 1.82) is 0 Å². The molecule has 1 fully saturated rings. The zero-order valence-corrected chi connectivity index (χ0v) is 12.9. The molecule has 0 radical (unpaired) electrons. The fourth-order valence-electron chi connectivity index (χ4n) is 2.77. The number of anilines is 1. The van der Waals surface area contributed by atoms with Crippen LogP contribution in [-0.4, -0.2) is 57.2 Å². The summed E-state index contributed by atoms with van der Waals surface area (Å²) in [6, 6.07) is 4.34. The highest BCUT2D eigenvalue weighted by Gasteiger charge is 2.27. The Bertz CT molecular complexity index is 616. The zero-order valence-electron chi connectivity index (χ0n) is 12.9. The predicted octanol–water partition coefficient (Wildman–Crippen LogP) is 1.25. The van der Waals surface area contributed by atoms with Gasteiger partial charge in [-0.1, -0.05) is 0 Å². The standard InChI is InChI=1S/C15H20N6O/c1-11-3-4-14(19-18-11)20(2)12-5-7-21(8-6-12)15(22)13-9-16-10-17-13/h3-4,9-10,12H,5-8H2,1-2H3,(H,16,17). The Morgan fingerprint density at radius 2 is 2.09 bits per heavy atom. The van der Waals surface area contributed by atoms with Gasteiger partial charge in [0.25, 0.3) is 5.91 Å².